The van der Waals surface area contributed by atoms with Gasteiger partial charge in [0, 0.05) is 60.2 Å². The minimum absolute atomic E-state index is 0.0148. The lowest BCUT2D eigenvalue weighted by Gasteiger charge is -2.35. The van der Waals surface area contributed by atoms with E-state index in [9.17, 15) is 32.8 Å². The molecule has 12 nitrogen and oxygen atoms in total. The molecular weight excluding hydrogens is 805 g/mol. The Bertz CT molecular complexity index is 2450. The first-order valence-electron chi connectivity index (χ1n) is 19.1. The molecule has 5 aromatic rings. The number of alkyl halides is 2. The second-order valence-electron chi connectivity index (χ2n) is 14.6. The summed E-state index contributed by atoms with van der Waals surface area (Å²) in [5, 5.41) is 2.88. The zero-order valence-electron chi connectivity index (χ0n) is 31.4. The van der Waals surface area contributed by atoms with Crippen LogP contribution in [0.15, 0.2) is 89.8 Å². The number of hydrogen-bond donors (Lipinski definition) is 1. The average Bonchev–Trinajstić information content (AvgIpc) is 3.73. The number of anilines is 2. The lowest BCUT2D eigenvalue weighted by atomic mass is 9.85. The normalized spacial score (nSPS) is 18.9. The van der Waals surface area contributed by atoms with Gasteiger partial charge in [-0.3, -0.25) is 39.3 Å². The van der Waals surface area contributed by atoms with Crippen molar-refractivity contribution in [3.05, 3.63) is 118 Å². The topological polar surface area (TPSA) is 146 Å². The highest BCUT2D eigenvalue weighted by Gasteiger charge is 2.39. The van der Waals surface area contributed by atoms with Gasteiger partial charge in [0.15, 0.2) is 5.89 Å². The summed E-state index contributed by atoms with van der Waals surface area (Å²) in [7, 11) is 0. The first-order valence-corrected chi connectivity index (χ1v) is 19.8. The molecule has 0 saturated carbocycles. The van der Waals surface area contributed by atoms with Crippen LogP contribution in [0.4, 0.5) is 25.0 Å². The van der Waals surface area contributed by atoms with Crippen LogP contribution in [0.5, 0.6) is 0 Å². The molecule has 3 saturated heterocycles. The molecule has 2 aromatic heterocycles. The fraction of sp³-hybridized carbons (Fsp3) is 0.279. The van der Waals surface area contributed by atoms with Crippen LogP contribution in [0.3, 0.4) is 0 Å². The number of benzene rings is 3. The first-order chi connectivity index (χ1) is 28.5. The Balaban J connectivity index is 1.13. The van der Waals surface area contributed by atoms with E-state index in [-0.39, 0.29) is 42.9 Å². The van der Waals surface area contributed by atoms with Gasteiger partial charge in [0.25, 0.3) is 6.43 Å². The Morgan fingerprint density at radius 1 is 0.814 bits per heavy atom. The summed E-state index contributed by atoms with van der Waals surface area (Å²) in [5.74, 6) is -3.09. The van der Waals surface area contributed by atoms with E-state index in [1.165, 1.54) is 11.2 Å². The summed E-state index contributed by atoms with van der Waals surface area (Å²) >= 11 is 14.1. The van der Waals surface area contributed by atoms with E-state index in [0.717, 1.165) is 21.1 Å². The van der Waals surface area contributed by atoms with E-state index in [1.807, 2.05) is 18.2 Å². The molecule has 2 unspecified atom stereocenters. The summed E-state index contributed by atoms with van der Waals surface area (Å²) in [6.07, 6.45) is 3.44. The highest BCUT2D eigenvalue weighted by Crippen LogP contribution is 2.44. The largest absolute Gasteiger partial charge is 0.449 e. The molecule has 16 heteroatoms. The van der Waals surface area contributed by atoms with Crippen LogP contribution < -0.4 is 15.1 Å². The number of amides is 6. The molecule has 2 atom stereocenters. The van der Waals surface area contributed by atoms with Gasteiger partial charge in [0.05, 0.1) is 46.7 Å². The number of carbonyl (C=O) groups is 5. The predicted molar refractivity (Wildman–Crippen MR) is 215 cm³/mol. The number of nitrogens with one attached hydrogen (secondary N) is 1. The number of oxazole rings is 1. The maximum Gasteiger partial charge on any atom is 0.324 e. The number of halogens is 4. The van der Waals surface area contributed by atoms with E-state index >= 15 is 0 Å². The smallest absolute Gasteiger partial charge is 0.324 e. The monoisotopic (exact) mass is 840 g/mol. The minimum atomic E-state index is -2.66. The number of urea groups is 1. The van der Waals surface area contributed by atoms with E-state index in [1.54, 1.807) is 60.9 Å². The number of piperidine rings is 2. The summed E-state index contributed by atoms with van der Waals surface area (Å²) in [5.41, 5.74) is 4.56. The summed E-state index contributed by atoms with van der Waals surface area (Å²) < 4.78 is 31.7. The highest BCUT2D eigenvalue weighted by atomic mass is 35.5. The number of aromatic nitrogens is 2. The molecule has 6 amide bonds. The van der Waals surface area contributed by atoms with E-state index < -0.39 is 54.5 Å². The molecule has 1 N–H and O–H groups in total. The molecule has 0 radical (unpaired) electrons. The second-order valence-corrected chi connectivity index (χ2v) is 15.3. The third-order valence-electron chi connectivity index (χ3n) is 10.9. The van der Waals surface area contributed by atoms with Gasteiger partial charge in [-0.25, -0.2) is 18.6 Å². The zero-order valence-corrected chi connectivity index (χ0v) is 32.9. The maximum atomic E-state index is 14.6. The van der Waals surface area contributed by atoms with E-state index in [2.05, 4.69) is 15.3 Å². The van der Waals surface area contributed by atoms with Crippen molar-refractivity contribution in [3.63, 3.8) is 0 Å². The molecule has 302 valence electrons. The van der Waals surface area contributed by atoms with Crippen molar-refractivity contribution in [2.24, 2.45) is 0 Å². The van der Waals surface area contributed by atoms with Crippen molar-refractivity contribution in [3.8, 4) is 22.3 Å². The third-order valence-corrected chi connectivity index (χ3v) is 11.7. The van der Waals surface area contributed by atoms with Crippen LogP contribution in [-0.2, 0) is 25.6 Å². The standard InChI is InChI=1S/C43H36Cl2F2N6O6/c44-39-29(25-5-8-26(49-22-25)19-37-48-15-18-59-37)3-1-4-30(39)32-12-14-38(55)53(42(32)57)28-20-33(40(45)34(21-28)31-11-13-36(54)50-41(31)56)24-6-9-27(10-7-24)52-17-2-16-51(43(52)58)23-35(46)47/h1,3-10,15,18,20-22,31-32,35H,2,11-14,16-17,19,23H2,(H,50,54,56). The number of carbonyl (C=O) groups excluding carboxylic acids is 5. The Morgan fingerprint density at radius 2 is 1.58 bits per heavy atom. The molecule has 0 spiro atoms. The Labute approximate surface area is 347 Å². The van der Waals surface area contributed by atoms with Crippen molar-refractivity contribution in [1.82, 2.24) is 20.2 Å². The van der Waals surface area contributed by atoms with Crippen molar-refractivity contribution in [1.29, 1.82) is 0 Å². The Hall–Kier alpha value is -5.99. The van der Waals surface area contributed by atoms with Crippen LogP contribution in [0.1, 0.15) is 66.7 Å². The molecule has 3 aliphatic heterocycles. The molecule has 0 bridgehead atoms. The highest BCUT2D eigenvalue weighted by molar-refractivity contribution is 6.35. The lowest BCUT2D eigenvalue weighted by molar-refractivity contribution is -0.134. The van der Waals surface area contributed by atoms with E-state index in [4.69, 9.17) is 27.6 Å². The maximum absolute atomic E-state index is 14.6. The van der Waals surface area contributed by atoms with Gasteiger partial charge >= 0.3 is 6.03 Å². The van der Waals surface area contributed by atoms with Gasteiger partial charge in [0.2, 0.25) is 23.6 Å². The number of rotatable bonds is 10. The number of hydrogen-bond acceptors (Lipinski definition) is 8. The van der Waals surface area contributed by atoms with Gasteiger partial charge in [-0.15, -0.1) is 0 Å². The fourth-order valence-corrected chi connectivity index (χ4v) is 8.68. The molecule has 59 heavy (non-hydrogen) atoms. The van der Waals surface area contributed by atoms with Crippen molar-refractivity contribution in [2.45, 2.75) is 56.8 Å². The first kappa shape index (κ1) is 39.8. The predicted octanol–water partition coefficient (Wildman–Crippen LogP) is 8.16. The van der Waals surface area contributed by atoms with Crippen LogP contribution in [0, 0.1) is 0 Å². The summed E-state index contributed by atoms with van der Waals surface area (Å²) in [4.78, 5) is 79.1. The van der Waals surface area contributed by atoms with Gasteiger partial charge in [0.1, 0.15) is 6.26 Å². The van der Waals surface area contributed by atoms with Gasteiger partial charge in [-0.1, -0.05) is 59.6 Å². The third kappa shape index (κ3) is 8.06. The van der Waals surface area contributed by atoms with E-state index in [0.29, 0.717) is 63.8 Å². The molecule has 8 rings (SSSR count). The SMILES string of the molecule is O=C1CCC(c2cc(N3C(=O)CCC(c4cccc(-c5ccc(Cc6ncco6)nc5)c4Cl)C3=O)cc(-c3ccc(N4CCCN(CC(F)F)C4=O)cc3)c2Cl)C(=O)N1. The molecule has 3 aliphatic rings. The van der Waals surface area contributed by atoms with Crippen molar-refractivity contribution >= 4 is 64.2 Å². The molecule has 3 fully saturated rings. The number of imide groups is 2. The molecule has 0 aliphatic carbocycles. The second kappa shape index (κ2) is 16.7. The number of pyridine rings is 1. The van der Waals surface area contributed by atoms with Crippen LogP contribution in [-0.4, -0.2) is 70.6 Å². The van der Waals surface area contributed by atoms with Gasteiger partial charge < -0.3 is 9.32 Å². The Kier molecular flexibility index (Phi) is 11.3. The zero-order chi connectivity index (χ0) is 41.4. The van der Waals surface area contributed by atoms with Gasteiger partial charge in [-0.05, 0) is 66.3 Å². The summed E-state index contributed by atoms with van der Waals surface area (Å²) in [6, 6.07) is 18.4. The van der Waals surface area contributed by atoms with Gasteiger partial charge in [-0.2, -0.15) is 0 Å². The van der Waals surface area contributed by atoms with Crippen molar-refractivity contribution in [2.75, 3.05) is 29.4 Å². The fourth-order valence-electron chi connectivity index (χ4n) is 7.96. The summed E-state index contributed by atoms with van der Waals surface area (Å²) in [6.45, 7) is -0.0931. The molecule has 3 aromatic carbocycles. The quantitative estimate of drug-likeness (QED) is 0.139. The van der Waals surface area contributed by atoms with Crippen LogP contribution in [0.2, 0.25) is 10.0 Å². The van der Waals surface area contributed by atoms with Crippen LogP contribution in [0.25, 0.3) is 22.3 Å². The minimum Gasteiger partial charge on any atom is -0.449 e. The lowest BCUT2D eigenvalue weighted by Crippen LogP contribution is -2.50. The van der Waals surface area contributed by atoms with Crippen LogP contribution >= 0.6 is 23.2 Å². The molecular formula is C43H36Cl2F2N6O6. The average molecular weight is 842 g/mol. The molecule has 5 heterocycles. The Morgan fingerprint density at radius 3 is 2.29 bits per heavy atom. The number of nitrogens with zero attached hydrogens (tertiary/aromatic N) is 5. The van der Waals surface area contributed by atoms with Crippen molar-refractivity contribution < 1.29 is 37.2 Å².